The van der Waals surface area contributed by atoms with Crippen molar-refractivity contribution in [3.05, 3.63) is 47.0 Å². The average molecular weight is 201 g/mol. The van der Waals surface area contributed by atoms with Gasteiger partial charge in [0, 0.05) is 10.9 Å². The van der Waals surface area contributed by atoms with E-state index in [-0.39, 0.29) is 0 Å². The molecule has 2 heteroatoms. The van der Waals surface area contributed by atoms with Crippen LogP contribution in [0.4, 0.5) is 0 Å². The highest BCUT2D eigenvalue weighted by Gasteiger charge is 1.96. The quantitative estimate of drug-likeness (QED) is 0.516. The van der Waals surface area contributed by atoms with Crippen molar-refractivity contribution in [2.45, 2.75) is 6.42 Å². The first-order valence-corrected chi connectivity index (χ1v) is 4.60. The van der Waals surface area contributed by atoms with Crippen LogP contribution in [0.3, 0.4) is 0 Å². The molecule has 1 rings (SSSR count). The molecule has 0 aliphatic carbocycles. The summed E-state index contributed by atoms with van der Waals surface area (Å²) in [7, 11) is 0. The van der Waals surface area contributed by atoms with Crippen LogP contribution in [0.25, 0.3) is 0 Å². The van der Waals surface area contributed by atoms with Gasteiger partial charge in [-0.15, -0.1) is 11.6 Å². The van der Waals surface area contributed by atoms with E-state index in [0.29, 0.717) is 5.88 Å². The molecule has 0 fully saturated rings. The lowest BCUT2D eigenvalue weighted by atomic mass is 10.1. The number of rotatable bonds is 3. The van der Waals surface area contributed by atoms with E-state index in [9.17, 15) is 0 Å². The Morgan fingerprint density at radius 3 is 2.75 bits per heavy atom. The highest BCUT2D eigenvalue weighted by molar-refractivity contribution is 6.30. The molecule has 0 radical (unpaired) electrons. The first kappa shape index (κ1) is 9.63. The third-order valence-corrected chi connectivity index (χ3v) is 2.15. The molecule has 64 valence electrons. The minimum atomic E-state index is 0.506. The van der Waals surface area contributed by atoms with Crippen molar-refractivity contribution in [1.82, 2.24) is 0 Å². The van der Waals surface area contributed by atoms with E-state index in [0.717, 1.165) is 22.6 Å². The highest BCUT2D eigenvalue weighted by Crippen LogP contribution is 2.13. The predicted octanol–water partition coefficient (Wildman–Crippen LogP) is 3.68. The van der Waals surface area contributed by atoms with Gasteiger partial charge in [-0.05, 0) is 24.1 Å². The Hall–Kier alpha value is -0.460. The van der Waals surface area contributed by atoms with Gasteiger partial charge in [0.1, 0.15) is 0 Å². The van der Waals surface area contributed by atoms with Crippen molar-refractivity contribution < 1.29 is 0 Å². The lowest BCUT2D eigenvalue weighted by molar-refractivity contribution is 1.16. The average Bonchev–Trinajstić information content (AvgIpc) is 2.04. The molecule has 0 spiro atoms. The summed E-state index contributed by atoms with van der Waals surface area (Å²) in [4.78, 5) is 0. The van der Waals surface area contributed by atoms with Crippen LogP contribution in [-0.2, 0) is 6.42 Å². The van der Waals surface area contributed by atoms with Gasteiger partial charge in [-0.3, -0.25) is 0 Å². The molecule has 0 amide bonds. The van der Waals surface area contributed by atoms with Crippen molar-refractivity contribution in [2.24, 2.45) is 0 Å². The molecule has 0 atom stereocenters. The SMILES string of the molecule is C=C(CCl)Cc1cccc(Cl)c1. The smallest absolute Gasteiger partial charge is 0.0434 e. The Morgan fingerprint density at radius 2 is 2.17 bits per heavy atom. The molecule has 0 bridgehead atoms. The van der Waals surface area contributed by atoms with E-state index in [1.54, 1.807) is 0 Å². The second-order valence-corrected chi connectivity index (χ2v) is 3.39. The minimum absolute atomic E-state index is 0.506. The van der Waals surface area contributed by atoms with Crippen LogP contribution >= 0.6 is 23.2 Å². The Bertz CT molecular complexity index is 279. The Balaban J connectivity index is 2.69. The van der Waals surface area contributed by atoms with E-state index in [1.807, 2.05) is 24.3 Å². The number of hydrogen-bond acceptors (Lipinski definition) is 0. The topological polar surface area (TPSA) is 0 Å². The zero-order valence-electron chi connectivity index (χ0n) is 6.69. The van der Waals surface area contributed by atoms with Crippen LogP contribution in [0.2, 0.25) is 5.02 Å². The molecule has 0 saturated heterocycles. The maximum Gasteiger partial charge on any atom is 0.0434 e. The maximum absolute atomic E-state index is 5.81. The highest BCUT2D eigenvalue weighted by atomic mass is 35.5. The summed E-state index contributed by atoms with van der Waals surface area (Å²) in [6.07, 6.45) is 0.810. The van der Waals surface area contributed by atoms with E-state index in [1.165, 1.54) is 0 Å². The molecule has 0 N–H and O–H groups in total. The zero-order valence-corrected chi connectivity index (χ0v) is 8.20. The molecule has 0 saturated carbocycles. The number of allylic oxidation sites excluding steroid dienone is 1. The molecule has 0 unspecified atom stereocenters. The molecule has 1 aromatic rings. The fourth-order valence-electron chi connectivity index (χ4n) is 0.983. The number of halogens is 2. The normalized spacial score (nSPS) is 9.83. The van der Waals surface area contributed by atoms with Gasteiger partial charge in [0.05, 0.1) is 0 Å². The molecule has 0 heterocycles. The Labute approximate surface area is 82.8 Å². The molecular formula is C10H10Cl2. The number of benzene rings is 1. The number of hydrogen-bond donors (Lipinski definition) is 0. The van der Waals surface area contributed by atoms with Crippen molar-refractivity contribution in [3.63, 3.8) is 0 Å². The number of alkyl halides is 1. The van der Waals surface area contributed by atoms with E-state index in [4.69, 9.17) is 23.2 Å². The van der Waals surface area contributed by atoms with Gasteiger partial charge >= 0.3 is 0 Å². The van der Waals surface area contributed by atoms with E-state index >= 15 is 0 Å². The van der Waals surface area contributed by atoms with Crippen LogP contribution in [0.5, 0.6) is 0 Å². The summed E-state index contributed by atoms with van der Waals surface area (Å²) in [5.74, 6) is 0.506. The van der Waals surface area contributed by atoms with Crippen LogP contribution in [0, 0.1) is 0 Å². The molecule has 0 aliphatic rings. The van der Waals surface area contributed by atoms with Crippen LogP contribution in [-0.4, -0.2) is 5.88 Å². The van der Waals surface area contributed by atoms with Crippen molar-refractivity contribution >= 4 is 23.2 Å². The standard InChI is InChI=1S/C10H10Cl2/c1-8(7-11)5-9-3-2-4-10(12)6-9/h2-4,6H,1,5,7H2. The largest absolute Gasteiger partial charge is 0.122 e. The third kappa shape index (κ3) is 2.88. The molecule has 1 aromatic carbocycles. The Morgan fingerprint density at radius 1 is 1.42 bits per heavy atom. The minimum Gasteiger partial charge on any atom is -0.122 e. The van der Waals surface area contributed by atoms with Gasteiger partial charge in [0.2, 0.25) is 0 Å². The maximum atomic E-state index is 5.81. The summed E-state index contributed by atoms with van der Waals surface area (Å²) in [6.45, 7) is 3.82. The van der Waals surface area contributed by atoms with Gasteiger partial charge in [-0.2, -0.15) is 0 Å². The van der Waals surface area contributed by atoms with E-state index in [2.05, 4.69) is 6.58 Å². The summed E-state index contributed by atoms with van der Waals surface area (Å²) >= 11 is 11.4. The lowest BCUT2D eigenvalue weighted by Crippen LogP contribution is -1.89. The predicted molar refractivity (Wildman–Crippen MR) is 55.0 cm³/mol. The van der Waals surface area contributed by atoms with Crippen LogP contribution in [0.1, 0.15) is 5.56 Å². The monoisotopic (exact) mass is 200 g/mol. The van der Waals surface area contributed by atoms with Gasteiger partial charge in [0.15, 0.2) is 0 Å². The van der Waals surface area contributed by atoms with Gasteiger partial charge in [-0.25, -0.2) is 0 Å². The summed E-state index contributed by atoms with van der Waals surface area (Å²) in [5, 5.41) is 0.759. The van der Waals surface area contributed by atoms with Crippen molar-refractivity contribution in [1.29, 1.82) is 0 Å². The van der Waals surface area contributed by atoms with Crippen LogP contribution < -0.4 is 0 Å². The summed E-state index contributed by atoms with van der Waals surface area (Å²) in [6, 6.07) is 7.73. The van der Waals surface area contributed by atoms with Crippen LogP contribution in [0.15, 0.2) is 36.4 Å². The molecule has 0 nitrogen and oxygen atoms in total. The molecular weight excluding hydrogens is 191 g/mol. The van der Waals surface area contributed by atoms with E-state index < -0.39 is 0 Å². The fraction of sp³-hybridized carbons (Fsp3) is 0.200. The zero-order chi connectivity index (χ0) is 8.97. The summed E-state index contributed by atoms with van der Waals surface area (Å²) in [5.41, 5.74) is 2.17. The van der Waals surface area contributed by atoms with Gasteiger partial charge < -0.3 is 0 Å². The fourth-order valence-corrected chi connectivity index (χ4v) is 1.29. The first-order chi connectivity index (χ1) is 5.72. The first-order valence-electron chi connectivity index (χ1n) is 3.69. The van der Waals surface area contributed by atoms with Crippen molar-refractivity contribution in [2.75, 3.05) is 5.88 Å². The summed E-state index contributed by atoms with van der Waals surface area (Å²) < 4.78 is 0. The Kier molecular flexibility index (Phi) is 3.64. The third-order valence-electron chi connectivity index (χ3n) is 1.53. The van der Waals surface area contributed by atoms with Gasteiger partial charge in [0.25, 0.3) is 0 Å². The second kappa shape index (κ2) is 4.54. The van der Waals surface area contributed by atoms with Gasteiger partial charge in [-0.1, -0.05) is 35.9 Å². The lowest BCUT2D eigenvalue weighted by Gasteiger charge is -2.01. The molecule has 0 aromatic heterocycles. The second-order valence-electron chi connectivity index (χ2n) is 2.69. The van der Waals surface area contributed by atoms with Crippen molar-refractivity contribution in [3.8, 4) is 0 Å². The molecule has 12 heavy (non-hydrogen) atoms. The molecule has 0 aliphatic heterocycles.